The van der Waals surface area contributed by atoms with Crippen molar-refractivity contribution in [1.29, 1.82) is 0 Å². The summed E-state index contributed by atoms with van der Waals surface area (Å²) < 4.78 is 0. The molecule has 0 spiro atoms. The van der Waals surface area contributed by atoms with Gasteiger partial charge in [0.1, 0.15) is 0 Å². The van der Waals surface area contributed by atoms with Crippen molar-refractivity contribution in [3.8, 4) is 0 Å². The second-order valence-corrected chi connectivity index (χ2v) is 5.69. The summed E-state index contributed by atoms with van der Waals surface area (Å²) in [7, 11) is 0. The molecule has 1 heterocycles. The van der Waals surface area contributed by atoms with Crippen molar-refractivity contribution in [2.75, 3.05) is 18.0 Å². The van der Waals surface area contributed by atoms with Crippen LogP contribution in [0.4, 0.5) is 11.4 Å². The van der Waals surface area contributed by atoms with Crippen molar-refractivity contribution in [2.45, 2.75) is 39.0 Å². The first-order valence-corrected chi connectivity index (χ1v) is 7.64. The van der Waals surface area contributed by atoms with Crippen LogP contribution < -0.4 is 4.90 Å². The summed E-state index contributed by atoms with van der Waals surface area (Å²) in [5, 5.41) is 10.9. The first kappa shape index (κ1) is 15.5. The van der Waals surface area contributed by atoms with Gasteiger partial charge in [-0.15, -0.1) is 0 Å². The summed E-state index contributed by atoms with van der Waals surface area (Å²) in [6.07, 6.45) is 6.60. The first-order chi connectivity index (χ1) is 10.2. The Hall–Kier alpha value is -1.91. The molecule has 0 amide bonds. The van der Waals surface area contributed by atoms with Crippen molar-refractivity contribution in [2.24, 2.45) is 5.92 Å². The molecule has 1 saturated heterocycles. The maximum absolute atomic E-state index is 11.0. The van der Waals surface area contributed by atoms with E-state index in [0.29, 0.717) is 6.29 Å². The molecule has 2 rings (SSSR count). The van der Waals surface area contributed by atoms with Crippen molar-refractivity contribution in [1.82, 2.24) is 0 Å². The third-order valence-corrected chi connectivity index (χ3v) is 4.24. The fraction of sp³-hybridized carbons (Fsp3) is 0.562. The van der Waals surface area contributed by atoms with Crippen LogP contribution in [-0.4, -0.2) is 24.3 Å². The second-order valence-electron chi connectivity index (χ2n) is 5.69. The quantitative estimate of drug-likeness (QED) is 0.470. The Kier molecular flexibility index (Phi) is 5.31. The molecule has 1 aliphatic heterocycles. The lowest BCUT2D eigenvalue weighted by Crippen LogP contribution is -2.24. The fourth-order valence-corrected chi connectivity index (χ4v) is 3.12. The van der Waals surface area contributed by atoms with Crippen LogP contribution in [0.5, 0.6) is 0 Å². The lowest BCUT2D eigenvalue weighted by molar-refractivity contribution is -0.385. The highest BCUT2D eigenvalue weighted by Crippen LogP contribution is 2.28. The van der Waals surface area contributed by atoms with Crippen LogP contribution in [0, 0.1) is 16.0 Å². The molecule has 0 saturated carbocycles. The molecule has 1 aromatic carbocycles. The van der Waals surface area contributed by atoms with E-state index in [4.69, 9.17) is 0 Å². The molecule has 0 aliphatic carbocycles. The minimum atomic E-state index is -0.507. The minimum absolute atomic E-state index is 0.118. The van der Waals surface area contributed by atoms with Crippen LogP contribution in [0.25, 0.3) is 0 Å². The van der Waals surface area contributed by atoms with Gasteiger partial charge in [-0.2, -0.15) is 0 Å². The van der Waals surface area contributed by atoms with Gasteiger partial charge in [-0.3, -0.25) is 14.9 Å². The summed E-state index contributed by atoms with van der Waals surface area (Å²) in [5.41, 5.74) is 0.958. The second kappa shape index (κ2) is 7.20. The van der Waals surface area contributed by atoms with Crippen LogP contribution in [0.2, 0.25) is 0 Å². The number of aldehydes is 1. The molecular formula is C16H22N2O3. The number of benzene rings is 1. The Morgan fingerprint density at radius 2 is 2.19 bits per heavy atom. The average molecular weight is 290 g/mol. The lowest BCUT2D eigenvalue weighted by Gasteiger charge is -2.23. The Bertz CT molecular complexity index is 516. The Morgan fingerprint density at radius 1 is 1.38 bits per heavy atom. The van der Waals surface area contributed by atoms with Gasteiger partial charge in [-0.1, -0.05) is 19.8 Å². The molecule has 21 heavy (non-hydrogen) atoms. The number of anilines is 1. The fourth-order valence-electron chi connectivity index (χ4n) is 3.12. The molecule has 0 bridgehead atoms. The zero-order valence-corrected chi connectivity index (χ0v) is 12.5. The van der Waals surface area contributed by atoms with Gasteiger partial charge < -0.3 is 4.90 Å². The third kappa shape index (κ3) is 3.80. The normalized spacial score (nSPS) is 19.1. The zero-order valence-electron chi connectivity index (χ0n) is 12.5. The minimum Gasteiger partial charge on any atom is -0.372 e. The molecule has 114 valence electrons. The monoisotopic (exact) mass is 290 g/mol. The summed E-state index contributed by atoms with van der Waals surface area (Å²) in [4.78, 5) is 23.7. The van der Waals surface area contributed by atoms with Gasteiger partial charge in [-0.25, -0.2) is 0 Å². The Labute approximate surface area is 125 Å². The van der Waals surface area contributed by atoms with Crippen LogP contribution >= 0.6 is 0 Å². The zero-order chi connectivity index (χ0) is 15.2. The molecule has 5 nitrogen and oxygen atoms in total. The number of carbonyl (C=O) groups is 1. The highest BCUT2D eigenvalue weighted by atomic mass is 16.6. The van der Waals surface area contributed by atoms with Crippen LogP contribution in [0.1, 0.15) is 49.4 Å². The Morgan fingerprint density at radius 3 is 2.86 bits per heavy atom. The number of nitrogens with zero attached hydrogens (tertiary/aromatic N) is 2. The van der Waals surface area contributed by atoms with E-state index in [1.54, 1.807) is 12.1 Å². The topological polar surface area (TPSA) is 63.4 Å². The number of carbonyl (C=O) groups excluding carboxylic acids is 1. The maximum Gasteiger partial charge on any atom is 0.280 e. The van der Waals surface area contributed by atoms with E-state index in [-0.39, 0.29) is 11.3 Å². The highest BCUT2D eigenvalue weighted by molar-refractivity contribution is 5.83. The number of nitro benzene ring substituents is 1. The maximum atomic E-state index is 11.0. The van der Waals surface area contributed by atoms with Crippen molar-refractivity contribution >= 4 is 17.7 Å². The highest BCUT2D eigenvalue weighted by Gasteiger charge is 2.19. The number of rotatable bonds is 5. The van der Waals surface area contributed by atoms with Gasteiger partial charge >= 0.3 is 0 Å². The Balaban J connectivity index is 2.14. The smallest absolute Gasteiger partial charge is 0.280 e. The summed E-state index contributed by atoms with van der Waals surface area (Å²) in [5.74, 6) is 0.781. The molecule has 1 aromatic rings. The first-order valence-electron chi connectivity index (χ1n) is 7.64. The van der Waals surface area contributed by atoms with Crippen LogP contribution in [0.3, 0.4) is 0 Å². The largest absolute Gasteiger partial charge is 0.372 e. The molecule has 1 atom stereocenters. The molecule has 5 heteroatoms. The van der Waals surface area contributed by atoms with Gasteiger partial charge in [0, 0.05) is 24.8 Å². The molecule has 1 fully saturated rings. The van der Waals surface area contributed by atoms with E-state index < -0.39 is 4.92 Å². The van der Waals surface area contributed by atoms with Gasteiger partial charge in [0.05, 0.1) is 10.5 Å². The molecule has 0 N–H and O–H groups in total. The predicted molar refractivity (Wildman–Crippen MR) is 82.9 cm³/mol. The lowest BCUT2D eigenvalue weighted by atomic mass is 9.96. The number of hydrogen-bond acceptors (Lipinski definition) is 4. The van der Waals surface area contributed by atoms with E-state index >= 15 is 0 Å². The average Bonchev–Trinajstić information content (AvgIpc) is 2.72. The van der Waals surface area contributed by atoms with Crippen molar-refractivity contribution < 1.29 is 9.72 Å². The van der Waals surface area contributed by atoms with Crippen LogP contribution in [-0.2, 0) is 0 Å². The van der Waals surface area contributed by atoms with E-state index in [2.05, 4.69) is 11.8 Å². The summed E-state index contributed by atoms with van der Waals surface area (Å²) >= 11 is 0. The summed E-state index contributed by atoms with van der Waals surface area (Å²) in [6.45, 7) is 4.13. The number of nitro groups is 1. The third-order valence-electron chi connectivity index (χ3n) is 4.24. The van der Waals surface area contributed by atoms with Gasteiger partial charge in [0.25, 0.3) is 5.69 Å². The molecule has 1 unspecified atom stereocenters. The van der Waals surface area contributed by atoms with Crippen molar-refractivity contribution in [3.05, 3.63) is 33.9 Å². The van der Waals surface area contributed by atoms with E-state index in [9.17, 15) is 14.9 Å². The van der Waals surface area contributed by atoms with Gasteiger partial charge in [-0.05, 0) is 37.3 Å². The molecule has 1 aliphatic rings. The molecule has 0 aromatic heterocycles. The number of hydrogen-bond donors (Lipinski definition) is 0. The molecular weight excluding hydrogens is 268 g/mol. The predicted octanol–water partition coefficient (Wildman–Crippen LogP) is 3.81. The van der Waals surface area contributed by atoms with E-state index in [0.717, 1.165) is 37.5 Å². The SMILES string of the molecule is CCCC1CCCN(c2ccc([N+](=O)[O-])c(C=O)c2)CC1. The molecule has 0 radical (unpaired) electrons. The standard InChI is InChI=1S/C16H22N2O3/c1-2-4-13-5-3-9-17(10-8-13)15-6-7-16(18(20)21)14(11-15)12-19/h6-7,11-13H,2-5,8-10H2,1H3. The summed E-state index contributed by atoms with van der Waals surface area (Å²) in [6, 6.07) is 4.84. The van der Waals surface area contributed by atoms with Crippen LogP contribution in [0.15, 0.2) is 18.2 Å². The van der Waals surface area contributed by atoms with E-state index in [1.807, 2.05) is 0 Å². The van der Waals surface area contributed by atoms with Gasteiger partial charge in [0.2, 0.25) is 0 Å². The van der Waals surface area contributed by atoms with E-state index in [1.165, 1.54) is 25.3 Å². The van der Waals surface area contributed by atoms with Crippen molar-refractivity contribution in [3.63, 3.8) is 0 Å². The van der Waals surface area contributed by atoms with Gasteiger partial charge in [0.15, 0.2) is 6.29 Å².